The SMILES string of the molecule is Oc1c2c(c(O)c3c1C1CC3c3cc4ccccc4cc31)C1CC2c2cc3ccccc3cc21. The fourth-order valence-corrected chi connectivity index (χ4v) is 8.04. The summed E-state index contributed by atoms with van der Waals surface area (Å²) in [5.74, 6) is 1.61. The Morgan fingerprint density at radius 2 is 0.706 bits per heavy atom. The fourth-order valence-electron chi connectivity index (χ4n) is 8.04. The van der Waals surface area contributed by atoms with Crippen molar-refractivity contribution in [2.45, 2.75) is 36.5 Å². The summed E-state index contributed by atoms with van der Waals surface area (Å²) in [5.41, 5.74) is 9.33. The molecule has 0 spiro atoms. The normalized spacial score (nSPS) is 24.5. The highest BCUT2D eigenvalue weighted by molar-refractivity contribution is 5.89. The van der Waals surface area contributed by atoms with Gasteiger partial charge in [0.1, 0.15) is 11.5 Å². The highest BCUT2D eigenvalue weighted by atomic mass is 16.3. The third-order valence-electron chi connectivity index (χ3n) is 9.34. The zero-order valence-electron chi connectivity index (χ0n) is 18.5. The van der Waals surface area contributed by atoms with Crippen molar-refractivity contribution in [3.8, 4) is 11.5 Å². The monoisotopic (exact) mass is 438 g/mol. The zero-order valence-corrected chi connectivity index (χ0v) is 18.5. The summed E-state index contributed by atoms with van der Waals surface area (Å²) in [5, 5.41) is 28.5. The first kappa shape index (κ1) is 17.7. The number of phenolic OH excluding ortho intramolecular Hbond substituents is 2. The van der Waals surface area contributed by atoms with Crippen LogP contribution in [-0.4, -0.2) is 10.2 Å². The molecule has 0 aliphatic heterocycles. The lowest BCUT2D eigenvalue weighted by Gasteiger charge is -2.28. The lowest BCUT2D eigenvalue weighted by atomic mass is 9.77. The minimum atomic E-state index is 0.172. The van der Waals surface area contributed by atoms with Gasteiger partial charge in [0.05, 0.1) is 0 Å². The van der Waals surface area contributed by atoms with E-state index < -0.39 is 0 Å². The van der Waals surface area contributed by atoms with Crippen molar-refractivity contribution >= 4 is 21.5 Å². The predicted octanol–water partition coefficient (Wildman–Crippen LogP) is 7.37. The summed E-state index contributed by atoms with van der Waals surface area (Å²) in [4.78, 5) is 0. The molecule has 4 bridgehead atoms. The van der Waals surface area contributed by atoms with E-state index in [1.165, 1.54) is 43.8 Å². The van der Waals surface area contributed by atoms with E-state index in [0.717, 1.165) is 35.1 Å². The molecule has 0 aromatic heterocycles. The second kappa shape index (κ2) is 5.64. The van der Waals surface area contributed by atoms with Crippen LogP contribution >= 0.6 is 0 Å². The molecule has 4 atom stereocenters. The van der Waals surface area contributed by atoms with Gasteiger partial charge in [0.15, 0.2) is 0 Å². The van der Waals surface area contributed by atoms with E-state index >= 15 is 0 Å². The van der Waals surface area contributed by atoms with Crippen molar-refractivity contribution < 1.29 is 10.2 Å². The van der Waals surface area contributed by atoms with Gasteiger partial charge in [0, 0.05) is 45.9 Å². The molecule has 4 aliphatic rings. The molecule has 5 aromatic rings. The topological polar surface area (TPSA) is 40.5 Å². The van der Waals surface area contributed by atoms with Crippen LogP contribution in [0, 0.1) is 0 Å². The van der Waals surface area contributed by atoms with Crippen molar-refractivity contribution in [1.29, 1.82) is 0 Å². The molecular weight excluding hydrogens is 416 g/mol. The highest BCUT2D eigenvalue weighted by Gasteiger charge is 2.52. The Hall–Kier alpha value is -3.78. The molecule has 34 heavy (non-hydrogen) atoms. The van der Waals surface area contributed by atoms with Crippen LogP contribution in [0.15, 0.2) is 72.8 Å². The lowest BCUT2D eigenvalue weighted by Crippen LogP contribution is -2.11. The summed E-state index contributed by atoms with van der Waals surface area (Å²) < 4.78 is 0. The first-order valence-electron chi connectivity index (χ1n) is 12.4. The number of phenols is 2. The Morgan fingerprint density at radius 3 is 0.971 bits per heavy atom. The van der Waals surface area contributed by atoms with Gasteiger partial charge in [-0.2, -0.15) is 0 Å². The maximum Gasteiger partial charge on any atom is 0.124 e. The summed E-state index contributed by atoms with van der Waals surface area (Å²) in [6, 6.07) is 26.3. The van der Waals surface area contributed by atoms with E-state index in [1.807, 2.05) is 0 Å². The Bertz CT molecular complexity index is 1510. The number of aromatic hydroxyl groups is 2. The number of benzene rings is 5. The van der Waals surface area contributed by atoms with Crippen LogP contribution in [0.1, 0.15) is 81.0 Å². The molecule has 4 aliphatic carbocycles. The molecule has 0 heterocycles. The van der Waals surface area contributed by atoms with Crippen LogP contribution in [0.2, 0.25) is 0 Å². The Balaban J connectivity index is 1.29. The molecule has 0 saturated heterocycles. The highest BCUT2D eigenvalue weighted by Crippen LogP contribution is 2.69. The van der Waals surface area contributed by atoms with Crippen molar-refractivity contribution in [2.75, 3.05) is 0 Å². The van der Waals surface area contributed by atoms with Crippen LogP contribution in [0.3, 0.4) is 0 Å². The quantitative estimate of drug-likeness (QED) is 0.248. The van der Waals surface area contributed by atoms with Crippen LogP contribution in [0.5, 0.6) is 11.5 Å². The van der Waals surface area contributed by atoms with E-state index in [0.29, 0.717) is 11.5 Å². The maximum atomic E-state index is 11.8. The predicted molar refractivity (Wildman–Crippen MR) is 134 cm³/mol. The van der Waals surface area contributed by atoms with Crippen molar-refractivity contribution in [3.63, 3.8) is 0 Å². The maximum absolute atomic E-state index is 11.8. The van der Waals surface area contributed by atoms with Crippen LogP contribution in [0.4, 0.5) is 0 Å². The standard InChI is InChI=1S/C32H22O2/c33-31-27-23-13-24(20-10-16-6-2-1-5-15(16)9-19(20)23)28(27)32(34)30-26-14-25(29(30)31)21-11-17-7-3-4-8-18(17)12-22(21)26/h1-12,23-26,33-34H,13-14H2. The van der Waals surface area contributed by atoms with Crippen molar-refractivity contribution in [2.24, 2.45) is 0 Å². The number of fused-ring (bicyclic) bond motifs is 18. The van der Waals surface area contributed by atoms with E-state index in [-0.39, 0.29) is 23.7 Å². The first-order valence-corrected chi connectivity index (χ1v) is 12.4. The van der Waals surface area contributed by atoms with Gasteiger partial charge in [-0.3, -0.25) is 0 Å². The van der Waals surface area contributed by atoms with Gasteiger partial charge in [-0.05, 0) is 56.6 Å². The average molecular weight is 439 g/mol. The molecule has 4 unspecified atom stereocenters. The summed E-state index contributed by atoms with van der Waals surface area (Å²) in [7, 11) is 0. The van der Waals surface area contributed by atoms with Gasteiger partial charge >= 0.3 is 0 Å². The molecule has 5 aromatic carbocycles. The first-order chi connectivity index (χ1) is 16.7. The molecule has 2 heteroatoms. The van der Waals surface area contributed by atoms with Gasteiger partial charge in [-0.1, -0.05) is 72.8 Å². The zero-order chi connectivity index (χ0) is 22.3. The fraction of sp³-hybridized carbons (Fsp3) is 0.188. The molecule has 2 nitrogen and oxygen atoms in total. The summed E-state index contributed by atoms with van der Waals surface area (Å²) >= 11 is 0. The van der Waals surface area contributed by atoms with Gasteiger partial charge in [-0.25, -0.2) is 0 Å². The third kappa shape index (κ3) is 1.85. The molecule has 162 valence electrons. The number of rotatable bonds is 0. The third-order valence-corrected chi connectivity index (χ3v) is 9.34. The lowest BCUT2D eigenvalue weighted by molar-refractivity contribution is 0.440. The van der Waals surface area contributed by atoms with Gasteiger partial charge in [0.2, 0.25) is 0 Å². The van der Waals surface area contributed by atoms with Crippen LogP contribution < -0.4 is 0 Å². The van der Waals surface area contributed by atoms with E-state index in [1.54, 1.807) is 0 Å². The van der Waals surface area contributed by atoms with Crippen LogP contribution in [0.25, 0.3) is 21.5 Å². The Morgan fingerprint density at radius 1 is 0.441 bits per heavy atom. The van der Waals surface area contributed by atoms with Crippen molar-refractivity contribution in [3.05, 3.63) is 117 Å². The largest absolute Gasteiger partial charge is 0.507 e. The van der Waals surface area contributed by atoms with Crippen LogP contribution in [-0.2, 0) is 0 Å². The van der Waals surface area contributed by atoms with E-state index in [9.17, 15) is 10.2 Å². The van der Waals surface area contributed by atoms with Crippen molar-refractivity contribution in [1.82, 2.24) is 0 Å². The Kier molecular flexibility index (Phi) is 2.93. The molecule has 2 N–H and O–H groups in total. The molecule has 9 rings (SSSR count). The second-order valence-corrected chi connectivity index (χ2v) is 10.7. The average Bonchev–Trinajstić information content (AvgIpc) is 3.62. The van der Waals surface area contributed by atoms with Gasteiger partial charge in [-0.15, -0.1) is 0 Å². The minimum absolute atomic E-state index is 0.172. The summed E-state index contributed by atoms with van der Waals surface area (Å²) in [6.07, 6.45) is 1.91. The van der Waals surface area contributed by atoms with Gasteiger partial charge < -0.3 is 10.2 Å². The molecule has 0 amide bonds. The Labute approximate surface area is 197 Å². The minimum Gasteiger partial charge on any atom is -0.507 e. The van der Waals surface area contributed by atoms with E-state index in [4.69, 9.17) is 0 Å². The van der Waals surface area contributed by atoms with E-state index in [2.05, 4.69) is 72.8 Å². The molecule has 0 radical (unpaired) electrons. The molecule has 0 fully saturated rings. The molecular formula is C32H22O2. The van der Waals surface area contributed by atoms with Gasteiger partial charge in [0.25, 0.3) is 0 Å². The number of hydrogen-bond donors (Lipinski definition) is 2. The molecule has 0 saturated carbocycles. The summed E-state index contributed by atoms with van der Waals surface area (Å²) in [6.45, 7) is 0. The second-order valence-electron chi connectivity index (χ2n) is 10.7. The smallest absolute Gasteiger partial charge is 0.124 e. The number of hydrogen-bond acceptors (Lipinski definition) is 2.